The molecule has 8 rings (SSSR count). The van der Waals surface area contributed by atoms with Gasteiger partial charge in [-0.1, -0.05) is 30.4 Å². The molecule has 2 aromatic rings. The number of hydrogen-bond acceptors (Lipinski definition) is 5. The van der Waals surface area contributed by atoms with Crippen molar-refractivity contribution < 1.29 is 23.9 Å². The summed E-state index contributed by atoms with van der Waals surface area (Å²) in [6, 6.07) is 14.2. The summed E-state index contributed by atoms with van der Waals surface area (Å²) in [6.07, 6.45) is 5.50. The van der Waals surface area contributed by atoms with Crippen molar-refractivity contribution >= 4 is 35.1 Å². The molecule has 2 saturated carbocycles. The highest BCUT2D eigenvalue weighted by Crippen LogP contribution is 2.65. The number of rotatable bonds is 4. The molecule has 4 fully saturated rings. The van der Waals surface area contributed by atoms with Gasteiger partial charge in [-0.2, -0.15) is 0 Å². The van der Waals surface area contributed by atoms with E-state index >= 15 is 0 Å². The Morgan fingerprint density at radius 3 is 2.25 bits per heavy atom. The number of imide groups is 1. The van der Waals surface area contributed by atoms with E-state index < -0.39 is 11.9 Å². The zero-order chi connectivity index (χ0) is 24.7. The van der Waals surface area contributed by atoms with E-state index in [0.29, 0.717) is 17.5 Å². The Kier molecular flexibility index (Phi) is 4.56. The van der Waals surface area contributed by atoms with Gasteiger partial charge in [-0.05, 0) is 66.8 Å². The first-order chi connectivity index (χ1) is 17.4. The second-order valence-electron chi connectivity index (χ2n) is 10.8. The minimum atomic E-state index is -0.590. The maximum atomic E-state index is 13.4. The first kappa shape index (κ1) is 21.5. The van der Waals surface area contributed by atoms with E-state index in [1.54, 1.807) is 29.2 Å². The van der Waals surface area contributed by atoms with Gasteiger partial charge in [0.15, 0.2) is 0 Å². The molecule has 6 aliphatic rings. The Labute approximate surface area is 208 Å². The van der Waals surface area contributed by atoms with Crippen molar-refractivity contribution in [3.05, 3.63) is 66.2 Å². The molecule has 7 nitrogen and oxygen atoms in total. The predicted molar refractivity (Wildman–Crippen MR) is 131 cm³/mol. The molecule has 36 heavy (non-hydrogen) atoms. The number of aryl methyl sites for hydroxylation is 1. The summed E-state index contributed by atoms with van der Waals surface area (Å²) in [7, 11) is 0. The summed E-state index contributed by atoms with van der Waals surface area (Å²) in [5.41, 5.74) is 2.24. The van der Waals surface area contributed by atoms with Gasteiger partial charge in [0.2, 0.25) is 17.7 Å². The average molecular weight is 483 g/mol. The molecule has 2 aromatic carbocycles. The lowest BCUT2D eigenvalue weighted by Crippen LogP contribution is -2.40. The molecular weight excluding hydrogens is 456 g/mol. The van der Waals surface area contributed by atoms with E-state index in [1.807, 2.05) is 31.2 Å². The van der Waals surface area contributed by atoms with Gasteiger partial charge in [-0.3, -0.25) is 19.2 Å². The van der Waals surface area contributed by atoms with Crippen LogP contribution >= 0.6 is 0 Å². The van der Waals surface area contributed by atoms with Gasteiger partial charge in [-0.15, -0.1) is 0 Å². The standard InChI is InChI=1S/C29H26N2O5/c1-15-4-2-5-17(10-15)30-14-16(11-24(30)32)29(35)36-19-7-3-6-18(12-19)31-27(33)25-20-8-9-21(23-13-22(20)23)26(25)28(31)34/h2-10,12,16,20-23,25-26H,11,13-14H2,1H3/t16-,20+,21+,22+,23+,25-,26-/m1/s1. The molecule has 0 aromatic heterocycles. The summed E-state index contributed by atoms with van der Waals surface area (Å²) >= 11 is 0. The minimum Gasteiger partial charge on any atom is -0.426 e. The Balaban J connectivity index is 1.08. The van der Waals surface area contributed by atoms with Gasteiger partial charge in [0.25, 0.3) is 0 Å². The summed E-state index contributed by atoms with van der Waals surface area (Å²) < 4.78 is 5.64. The predicted octanol–water partition coefficient (Wildman–Crippen LogP) is 3.51. The van der Waals surface area contributed by atoms with Crippen LogP contribution in [0, 0.1) is 48.3 Å². The number of esters is 1. The van der Waals surface area contributed by atoms with Crippen molar-refractivity contribution in [2.75, 3.05) is 16.3 Å². The highest BCUT2D eigenvalue weighted by Gasteiger charge is 2.67. The van der Waals surface area contributed by atoms with E-state index in [2.05, 4.69) is 12.2 Å². The van der Waals surface area contributed by atoms with Crippen LogP contribution in [0.25, 0.3) is 0 Å². The van der Waals surface area contributed by atoms with Crippen molar-refractivity contribution in [1.29, 1.82) is 0 Å². The molecule has 2 bridgehead atoms. The number of benzene rings is 2. The molecular formula is C29H26N2O5. The highest BCUT2D eigenvalue weighted by atomic mass is 16.5. The fourth-order valence-electron chi connectivity index (χ4n) is 7.01. The number of hydrogen-bond donors (Lipinski definition) is 0. The zero-order valence-corrected chi connectivity index (χ0v) is 19.9. The first-order valence-corrected chi connectivity index (χ1v) is 12.7. The van der Waals surface area contributed by atoms with Crippen LogP contribution in [-0.2, 0) is 19.2 Å². The van der Waals surface area contributed by atoms with Crippen molar-refractivity contribution in [3.63, 3.8) is 0 Å². The lowest BCUT2D eigenvalue weighted by Gasteiger charge is -2.37. The molecule has 2 saturated heterocycles. The van der Waals surface area contributed by atoms with Gasteiger partial charge in [0, 0.05) is 24.7 Å². The Hall–Kier alpha value is -3.74. The van der Waals surface area contributed by atoms with Gasteiger partial charge < -0.3 is 9.64 Å². The lowest BCUT2D eigenvalue weighted by molar-refractivity contribution is -0.139. The van der Waals surface area contributed by atoms with Crippen LogP contribution in [0.3, 0.4) is 0 Å². The van der Waals surface area contributed by atoms with Crippen LogP contribution in [0.5, 0.6) is 5.75 Å². The second kappa shape index (κ2) is 7.63. The Morgan fingerprint density at radius 2 is 1.56 bits per heavy atom. The molecule has 4 aliphatic carbocycles. The maximum absolute atomic E-state index is 13.4. The third-order valence-corrected chi connectivity index (χ3v) is 8.73. The number of carbonyl (C=O) groups is 4. The fourth-order valence-corrected chi connectivity index (χ4v) is 7.01. The Morgan fingerprint density at radius 1 is 0.889 bits per heavy atom. The Bertz CT molecular complexity index is 1330. The van der Waals surface area contributed by atoms with Gasteiger partial charge in [-0.25, -0.2) is 4.90 Å². The summed E-state index contributed by atoms with van der Waals surface area (Å²) in [4.78, 5) is 55.2. The quantitative estimate of drug-likeness (QED) is 0.288. The normalized spacial score (nSPS) is 33.7. The SMILES string of the molecule is Cc1cccc(N2C[C@H](C(=O)Oc3cccc(N4C(=O)[C@@H]5[C@H]6C=C[C@@H]([C@@H]7C[C@@H]67)[C@H]5C4=O)c3)CC2=O)c1. The zero-order valence-electron chi connectivity index (χ0n) is 19.9. The third-order valence-electron chi connectivity index (χ3n) is 8.73. The topological polar surface area (TPSA) is 84.0 Å². The monoisotopic (exact) mass is 482 g/mol. The third kappa shape index (κ3) is 3.11. The summed E-state index contributed by atoms with van der Waals surface area (Å²) in [6.45, 7) is 2.21. The molecule has 182 valence electrons. The van der Waals surface area contributed by atoms with E-state index in [9.17, 15) is 19.2 Å². The first-order valence-electron chi connectivity index (χ1n) is 12.7. The van der Waals surface area contributed by atoms with Crippen LogP contribution in [0.15, 0.2) is 60.7 Å². The van der Waals surface area contributed by atoms with Crippen LogP contribution < -0.4 is 14.5 Å². The van der Waals surface area contributed by atoms with E-state index in [0.717, 1.165) is 17.7 Å². The van der Waals surface area contributed by atoms with Gasteiger partial charge in [0.1, 0.15) is 5.75 Å². The van der Waals surface area contributed by atoms with Gasteiger partial charge >= 0.3 is 5.97 Å². The van der Waals surface area contributed by atoms with E-state index in [1.165, 1.54) is 4.90 Å². The number of anilines is 2. The highest BCUT2D eigenvalue weighted by molar-refractivity contribution is 6.22. The van der Waals surface area contributed by atoms with E-state index in [4.69, 9.17) is 4.74 Å². The molecule has 2 aliphatic heterocycles. The fraction of sp³-hybridized carbons (Fsp3) is 0.379. The summed E-state index contributed by atoms with van der Waals surface area (Å²) in [5, 5.41) is 0. The second-order valence-corrected chi connectivity index (χ2v) is 10.8. The van der Waals surface area contributed by atoms with Crippen molar-refractivity contribution in [3.8, 4) is 5.75 Å². The average Bonchev–Trinajstić information content (AvgIpc) is 3.54. The molecule has 7 atom stereocenters. The minimum absolute atomic E-state index is 0.0804. The molecule has 0 spiro atoms. The smallest absolute Gasteiger partial charge is 0.316 e. The maximum Gasteiger partial charge on any atom is 0.316 e. The molecule has 2 heterocycles. The molecule has 0 N–H and O–H groups in total. The molecule has 0 unspecified atom stereocenters. The van der Waals surface area contributed by atoms with Crippen molar-refractivity contribution in [1.82, 2.24) is 0 Å². The number of nitrogens with zero attached hydrogens (tertiary/aromatic N) is 2. The number of amides is 3. The van der Waals surface area contributed by atoms with Crippen molar-refractivity contribution in [2.45, 2.75) is 19.8 Å². The largest absolute Gasteiger partial charge is 0.426 e. The van der Waals surface area contributed by atoms with Crippen LogP contribution in [0.4, 0.5) is 11.4 Å². The van der Waals surface area contributed by atoms with Crippen LogP contribution in [-0.4, -0.2) is 30.2 Å². The van der Waals surface area contributed by atoms with Crippen LogP contribution in [0.1, 0.15) is 18.4 Å². The molecule has 0 radical (unpaired) electrons. The number of carbonyl (C=O) groups excluding carboxylic acids is 4. The number of allylic oxidation sites excluding steroid dienone is 2. The lowest BCUT2D eigenvalue weighted by atomic mass is 9.63. The molecule has 3 amide bonds. The van der Waals surface area contributed by atoms with Crippen LogP contribution in [0.2, 0.25) is 0 Å². The molecule has 7 heteroatoms. The van der Waals surface area contributed by atoms with Gasteiger partial charge in [0.05, 0.1) is 23.4 Å². The number of ether oxygens (including phenoxy) is 1. The summed E-state index contributed by atoms with van der Waals surface area (Å²) in [5.74, 6) is -0.392. The van der Waals surface area contributed by atoms with E-state index in [-0.39, 0.29) is 60.1 Å². The van der Waals surface area contributed by atoms with Crippen molar-refractivity contribution in [2.24, 2.45) is 41.4 Å².